The van der Waals surface area contributed by atoms with Crippen LogP contribution in [0.4, 0.5) is 0 Å². The third-order valence-corrected chi connectivity index (χ3v) is 1.83. The van der Waals surface area contributed by atoms with Crippen LogP contribution in [0.3, 0.4) is 0 Å². The summed E-state index contributed by atoms with van der Waals surface area (Å²) in [5.41, 5.74) is 8.61. The monoisotopic (exact) mass is 145 g/mol. The Hall–Kier alpha value is -0.755. The first-order chi connectivity index (χ1) is 5.25. The van der Waals surface area contributed by atoms with Crippen LogP contribution in [0.15, 0.2) is 18.2 Å². The van der Waals surface area contributed by atoms with E-state index in [2.05, 4.69) is 0 Å². The van der Waals surface area contributed by atoms with Crippen molar-refractivity contribution in [2.24, 2.45) is 5.73 Å². The number of rotatable bonds is 2. The van der Waals surface area contributed by atoms with E-state index < -0.39 is 0 Å². The lowest BCUT2D eigenvalue weighted by Gasteiger charge is -2.06. The minimum absolute atomic E-state index is 0.660. The fourth-order valence-electron chi connectivity index (χ4n) is 1.11. The molecule has 0 amide bonds. The molecule has 0 unspecified atom stereocenters. The van der Waals surface area contributed by atoms with E-state index in [1.807, 2.05) is 25.1 Å². The van der Waals surface area contributed by atoms with E-state index in [-0.39, 0.29) is 0 Å². The molecule has 1 nitrogen and oxygen atoms in total. The number of hydrogen-bond acceptors (Lipinski definition) is 1. The van der Waals surface area contributed by atoms with Crippen molar-refractivity contribution in [3.63, 3.8) is 0 Å². The summed E-state index contributed by atoms with van der Waals surface area (Å²) in [6, 6.07) is 6.04. The maximum absolute atomic E-state index is 5.81. The van der Waals surface area contributed by atoms with Gasteiger partial charge in [0.05, 0.1) is 0 Å². The van der Waals surface area contributed by atoms with Crippen LogP contribution < -0.4 is 11.2 Å². The molecular weight excluding hydrogens is 133 g/mol. The molecule has 0 heterocycles. The zero-order chi connectivity index (χ0) is 8.27. The second-order valence-corrected chi connectivity index (χ2v) is 2.69. The molecule has 0 bridgehead atoms. The van der Waals surface area contributed by atoms with E-state index in [9.17, 15) is 0 Å². The van der Waals surface area contributed by atoms with Gasteiger partial charge in [0.15, 0.2) is 0 Å². The second kappa shape index (κ2) is 3.58. The van der Waals surface area contributed by atoms with Crippen LogP contribution in [-0.4, -0.2) is 14.4 Å². The van der Waals surface area contributed by atoms with E-state index >= 15 is 0 Å². The Kier molecular flexibility index (Phi) is 2.72. The molecule has 0 aliphatic heterocycles. The molecule has 0 saturated carbocycles. The summed E-state index contributed by atoms with van der Waals surface area (Å²) < 4.78 is 0. The Morgan fingerprint density at radius 1 is 1.45 bits per heavy atom. The van der Waals surface area contributed by atoms with Gasteiger partial charge in [0.2, 0.25) is 0 Å². The molecule has 0 spiro atoms. The maximum atomic E-state index is 5.81. The van der Waals surface area contributed by atoms with Crippen molar-refractivity contribution in [2.45, 2.75) is 13.3 Å². The minimum Gasteiger partial charge on any atom is -0.330 e. The summed E-state index contributed by atoms with van der Waals surface area (Å²) in [7, 11) is 5.81. The van der Waals surface area contributed by atoms with E-state index in [1.54, 1.807) is 0 Å². The third kappa shape index (κ3) is 1.84. The van der Waals surface area contributed by atoms with E-state index in [0.717, 1.165) is 23.0 Å². The smallest absolute Gasteiger partial charge is 0.114 e. The zero-order valence-corrected chi connectivity index (χ0v) is 6.80. The van der Waals surface area contributed by atoms with Crippen LogP contribution >= 0.6 is 0 Å². The summed E-state index contributed by atoms with van der Waals surface area (Å²) in [6.45, 7) is 2.67. The molecule has 2 heteroatoms. The lowest BCUT2D eigenvalue weighted by Crippen LogP contribution is -2.17. The third-order valence-electron chi connectivity index (χ3n) is 1.83. The van der Waals surface area contributed by atoms with Gasteiger partial charge in [0, 0.05) is 0 Å². The molecule has 0 aliphatic rings. The highest BCUT2D eigenvalue weighted by molar-refractivity contribution is 6.34. The fourth-order valence-corrected chi connectivity index (χ4v) is 1.11. The summed E-state index contributed by atoms with van der Waals surface area (Å²) in [5, 5.41) is 0. The normalized spacial score (nSPS) is 10.0. The first-order valence-corrected chi connectivity index (χ1v) is 3.79. The highest BCUT2D eigenvalue weighted by atomic mass is 14.5. The topological polar surface area (TPSA) is 26.0 Å². The highest BCUT2D eigenvalue weighted by Gasteiger charge is 1.97. The SMILES string of the molecule is [B]c1c(C)cccc1CCN. The Balaban J connectivity index is 2.96. The standard InChI is InChI=1S/C9H12BN/c1-7-3-2-4-8(5-6-11)9(7)10/h2-4H,5-6,11H2,1H3. The molecule has 1 aromatic rings. The molecule has 2 N–H and O–H groups in total. The van der Waals surface area contributed by atoms with E-state index in [1.165, 1.54) is 0 Å². The summed E-state index contributed by atoms with van der Waals surface area (Å²) in [6.07, 6.45) is 0.869. The molecule has 1 rings (SSSR count). The highest BCUT2D eigenvalue weighted by Crippen LogP contribution is 1.99. The van der Waals surface area contributed by atoms with Crippen molar-refractivity contribution in [3.8, 4) is 0 Å². The van der Waals surface area contributed by atoms with E-state index in [4.69, 9.17) is 13.6 Å². The Bertz CT molecular complexity index is 245. The minimum atomic E-state index is 0.660. The molecule has 2 radical (unpaired) electrons. The van der Waals surface area contributed by atoms with Gasteiger partial charge in [-0.2, -0.15) is 0 Å². The summed E-state index contributed by atoms with van der Waals surface area (Å²) in [4.78, 5) is 0. The Morgan fingerprint density at radius 3 is 2.82 bits per heavy atom. The maximum Gasteiger partial charge on any atom is 0.114 e. The predicted molar refractivity (Wildman–Crippen MR) is 49.3 cm³/mol. The molecule has 1 aromatic carbocycles. The molecule has 0 atom stereocenters. The van der Waals surface area contributed by atoms with Gasteiger partial charge in [-0.15, -0.1) is 0 Å². The number of aryl methyl sites for hydroxylation is 1. The zero-order valence-electron chi connectivity index (χ0n) is 6.80. The molecule has 0 aliphatic carbocycles. The number of hydrogen-bond donors (Lipinski definition) is 1. The van der Waals surface area contributed by atoms with Crippen LogP contribution in [0, 0.1) is 6.92 Å². The van der Waals surface area contributed by atoms with E-state index in [0.29, 0.717) is 6.54 Å². The van der Waals surface area contributed by atoms with Crippen LogP contribution in [0.1, 0.15) is 11.1 Å². The molecule has 0 saturated heterocycles. The second-order valence-electron chi connectivity index (χ2n) is 2.69. The lowest BCUT2D eigenvalue weighted by molar-refractivity contribution is 0.973. The van der Waals surface area contributed by atoms with Crippen LogP contribution in [-0.2, 0) is 6.42 Å². The number of benzene rings is 1. The average Bonchev–Trinajstić information content (AvgIpc) is 1.99. The van der Waals surface area contributed by atoms with Gasteiger partial charge >= 0.3 is 0 Å². The van der Waals surface area contributed by atoms with Crippen molar-refractivity contribution in [2.75, 3.05) is 6.54 Å². The van der Waals surface area contributed by atoms with Gasteiger partial charge in [-0.3, -0.25) is 0 Å². The average molecular weight is 145 g/mol. The predicted octanol–water partition coefficient (Wildman–Crippen LogP) is 0.290. The number of nitrogens with two attached hydrogens (primary N) is 1. The van der Waals surface area contributed by atoms with Crippen molar-refractivity contribution in [1.82, 2.24) is 0 Å². The fraction of sp³-hybridized carbons (Fsp3) is 0.333. The molecule has 11 heavy (non-hydrogen) atoms. The largest absolute Gasteiger partial charge is 0.330 e. The molecule has 0 aromatic heterocycles. The first-order valence-electron chi connectivity index (χ1n) is 3.79. The van der Waals surface area contributed by atoms with Gasteiger partial charge in [0.1, 0.15) is 7.85 Å². The molecule has 0 fully saturated rings. The molecular formula is C9H12BN. The lowest BCUT2D eigenvalue weighted by atomic mass is 9.85. The van der Waals surface area contributed by atoms with Gasteiger partial charge in [-0.05, 0) is 19.9 Å². The van der Waals surface area contributed by atoms with Crippen molar-refractivity contribution < 1.29 is 0 Å². The first kappa shape index (κ1) is 8.34. The van der Waals surface area contributed by atoms with Crippen molar-refractivity contribution >= 4 is 13.3 Å². The molecule has 56 valence electrons. The van der Waals surface area contributed by atoms with Gasteiger partial charge in [0.25, 0.3) is 0 Å². The summed E-state index contributed by atoms with van der Waals surface area (Å²) in [5.74, 6) is 0. The van der Waals surface area contributed by atoms with Crippen LogP contribution in [0.5, 0.6) is 0 Å². The van der Waals surface area contributed by atoms with Gasteiger partial charge in [-0.1, -0.05) is 34.8 Å². The van der Waals surface area contributed by atoms with Crippen molar-refractivity contribution in [3.05, 3.63) is 29.3 Å². The van der Waals surface area contributed by atoms with Gasteiger partial charge in [-0.25, -0.2) is 0 Å². The summed E-state index contributed by atoms with van der Waals surface area (Å²) >= 11 is 0. The van der Waals surface area contributed by atoms with Crippen molar-refractivity contribution in [1.29, 1.82) is 0 Å². The Labute approximate surface area is 69.0 Å². The quantitative estimate of drug-likeness (QED) is 0.594. The van der Waals surface area contributed by atoms with Gasteiger partial charge < -0.3 is 5.73 Å². The Morgan fingerprint density at radius 2 is 2.18 bits per heavy atom. The van der Waals surface area contributed by atoms with Crippen LogP contribution in [0.2, 0.25) is 0 Å². The van der Waals surface area contributed by atoms with Crippen LogP contribution in [0.25, 0.3) is 0 Å².